The quantitative estimate of drug-likeness (QED) is 0.878. The molecule has 1 aromatic carbocycles. The number of anilines is 1. The zero-order chi connectivity index (χ0) is 13.7. The molecule has 0 unspecified atom stereocenters. The maximum Gasteiger partial charge on any atom is 0.238 e. The van der Waals surface area contributed by atoms with Gasteiger partial charge in [0.05, 0.1) is 6.54 Å². The second-order valence-corrected chi connectivity index (χ2v) is 5.51. The van der Waals surface area contributed by atoms with Crippen LogP contribution < -0.4 is 10.6 Å². The van der Waals surface area contributed by atoms with Gasteiger partial charge in [-0.1, -0.05) is 18.2 Å². The van der Waals surface area contributed by atoms with Gasteiger partial charge in [-0.25, -0.2) is 0 Å². The smallest absolute Gasteiger partial charge is 0.238 e. The predicted molar refractivity (Wildman–Crippen MR) is 80.5 cm³/mol. The van der Waals surface area contributed by atoms with Gasteiger partial charge in [0.15, 0.2) is 0 Å². The number of amides is 1. The van der Waals surface area contributed by atoms with Crippen molar-refractivity contribution in [2.45, 2.75) is 19.9 Å². The lowest BCUT2D eigenvalue weighted by molar-refractivity contribution is -0.115. The Labute approximate surface area is 117 Å². The molecule has 4 heteroatoms. The van der Waals surface area contributed by atoms with Gasteiger partial charge in [-0.3, -0.25) is 4.79 Å². The molecule has 1 atom stereocenters. The molecule has 0 aliphatic rings. The highest BCUT2D eigenvalue weighted by molar-refractivity contribution is 7.10. The van der Waals surface area contributed by atoms with Crippen LogP contribution in [-0.2, 0) is 4.79 Å². The van der Waals surface area contributed by atoms with Crippen molar-refractivity contribution in [3.05, 3.63) is 52.2 Å². The SMILES string of the molecule is Cc1cccc(NC(=O)CN[C@@H](C)c2cccs2)c1. The van der Waals surface area contributed by atoms with Crippen molar-refractivity contribution >= 4 is 22.9 Å². The van der Waals surface area contributed by atoms with E-state index in [0.29, 0.717) is 6.54 Å². The van der Waals surface area contributed by atoms with Crippen LogP contribution in [0.25, 0.3) is 0 Å². The summed E-state index contributed by atoms with van der Waals surface area (Å²) >= 11 is 1.69. The zero-order valence-electron chi connectivity index (χ0n) is 11.1. The van der Waals surface area contributed by atoms with E-state index in [1.54, 1.807) is 11.3 Å². The number of hydrogen-bond acceptors (Lipinski definition) is 3. The van der Waals surface area contributed by atoms with Gasteiger partial charge >= 0.3 is 0 Å². The van der Waals surface area contributed by atoms with Crippen LogP contribution >= 0.6 is 11.3 Å². The zero-order valence-corrected chi connectivity index (χ0v) is 12.0. The number of aryl methyl sites for hydroxylation is 1. The Morgan fingerprint density at radius 3 is 2.84 bits per heavy atom. The van der Waals surface area contributed by atoms with Crippen molar-refractivity contribution < 1.29 is 4.79 Å². The summed E-state index contributed by atoms with van der Waals surface area (Å²) in [4.78, 5) is 13.1. The Balaban J connectivity index is 1.82. The Hall–Kier alpha value is -1.65. The average molecular weight is 274 g/mol. The lowest BCUT2D eigenvalue weighted by Gasteiger charge is -2.12. The molecule has 2 aromatic rings. The number of carbonyl (C=O) groups is 1. The van der Waals surface area contributed by atoms with Crippen LogP contribution in [0, 0.1) is 6.92 Å². The molecule has 100 valence electrons. The first-order chi connectivity index (χ1) is 9.15. The van der Waals surface area contributed by atoms with Crippen LogP contribution in [0.5, 0.6) is 0 Å². The van der Waals surface area contributed by atoms with Crippen molar-refractivity contribution in [2.24, 2.45) is 0 Å². The summed E-state index contributed by atoms with van der Waals surface area (Å²) in [5.41, 5.74) is 1.98. The molecule has 19 heavy (non-hydrogen) atoms. The van der Waals surface area contributed by atoms with Crippen LogP contribution in [0.4, 0.5) is 5.69 Å². The lowest BCUT2D eigenvalue weighted by Crippen LogP contribution is -2.29. The minimum absolute atomic E-state index is 0.0194. The summed E-state index contributed by atoms with van der Waals surface area (Å²) in [5.74, 6) is -0.0194. The van der Waals surface area contributed by atoms with E-state index in [-0.39, 0.29) is 11.9 Å². The minimum atomic E-state index is -0.0194. The number of hydrogen-bond donors (Lipinski definition) is 2. The molecule has 2 rings (SSSR count). The Morgan fingerprint density at radius 2 is 2.16 bits per heavy atom. The highest BCUT2D eigenvalue weighted by Gasteiger charge is 2.08. The third-order valence-electron chi connectivity index (χ3n) is 2.84. The number of benzene rings is 1. The molecule has 0 bridgehead atoms. The second kappa shape index (κ2) is 6.50. The second-order valence-electron chi connectivity index (χ2n) is 4.54. The molecule has 1 aromatic heterocycles. The molecule has 1 heterocycles. The van der Waals surface area contributed by atoms with Crippen molar-refractivity contribution in [3.8, 4) is 0 Å². The van der Waals surface area contributed by atoms with Gasteiger partial charge in [0.25, 0.3) is 0 Å². The van der Waals surface area contributed by atoms with E-state index in [1.165, 1.54) is 4.88 Å². The van der Waals surface area contributed by atoms with Crippen LogP contribution in [-0.4, -0.2) is 12.5 Å². The van der Waals surface area contributed by atoms with Gasteiger partial charge in [-0.05, 0) is 43.0 Å². The van der Waals surface area contributed by atoms with E-state index in [2.05, 4.69) is 23.6 Å². The van der Waals surface area contributed by atoms with E-state index in [1.807, 2.05) is 42.6 Å². The van der Waals surface area contributed by atoms with Gasteiger partial charge in [0.1, 0.15) is 0 Å². The first kappa shape index (κ1) is 13.8. The molecule has 3 nitrogen and oxygen atoms in total. The molecule has 0 radical (unpaired) electrons. The predicted octanol–water partition coefficient (Wildman–Crippen LogP) is 3.35. The van der Waals surface area contributed by atoms with Crippen LogP contribution in [0.15, 0.2) is 41.8 Å². The van der Waals surface area contributed by atoms with Gasteiger partial charge in [-0.2, -0.15) is 0 Å². The summed E-state index contributed by atoms with van der Waals surface area (Å²) in [5, 5.41) is 8.15. The Bertz CT molecular complexity index is 537. The topological polar surface area (TPSA) is 41.1 Å². The van der Waals surface area contributed by atoms with Gasteiger partial charge < -0.3 is 10.6 Å². The molecule has 0 aliphatic carbocycles. The third kappa shape index (κ3) is 4.19. The van der Waals surface area contributed by atoms with Crippen molar-refractivity contribution in [1.82, 2.24) is 5.32 Å². The van der Waals surface area contributed by atoms with E-state index in [9.17, 15) is 4.79 Å². The highest BCUT2D eigenvalue weighted by atomic mass is 32.1. The largest absolute Gasteiger partial charge is 0.325 e. The molecule has 1 amide bonds. The lowest BCUT2D eigenvalue weighted by atomic mass is 10.2. The summed E-state index contributed by atoms with van der Waals surface area (Å²) in [6, 6.07) is 12.1. The Morgan fingerprint density at radius 1 is 1.32 bits per heavy atom. The maximum atomic E-state index is 11.8. The normalized spacial score (nSPS) is 12.1. The van der Waals surface area contributed by atoms with Gasteiger partial charge in [0.2, 0.25) is 5.91 Å². The summed E-state index contributed by atoms with van der Waals surface area (Å²) in [6.45, 7) is 4.38. The van der Waals surface area contributed by atoms with Gasteiger partial charge in [0, 0.05) is 16.6 Å². The first-order valence-corrected chi connectivity index (χ1v) is 7.16. The molecular weight excluding hydrogens is 256 g/mol. The fourth-order valence-electron chi connectivity index (χ4n) is 1.81. The van der Waals surface area contributed by atoms with Crippen molar-refractivity contribution in [2.75, 3.05) is 11.9 Å². The average Bonchev–Trinajstić information content (AvgIpc) is 2.90. The van der Waals surface area contributed by atoms with E-state index in [0.717, 1.165) is 11.3 Å². The Kier molecular flexibility index (Phi) is 4.71. The van der Waals surface area contributed by atoms with Crippen LogP contribution in [0.1, 0.15) is 23.4 Å². The summed E-state index contributed by atoms with van der Waals surface area (Å²) in [7, 11) is 0. The molecule has 0 aliphatic heterocycles. The van der Waals surface area contributed by atoms with Crippen molar-refractivity contribution in [3.63, 3.8) is 0 Å². The fraction of sp³-hybridized carbons (Fsp3) is 0.267. The van der Waals surface area contributed by atoms with Gasteiger partial charge in [-0.15, -0.1) is 11.3 Å². The van der Waals surface area contributed by atoms with E-state index >= 15 is 0 Å². The highest BCUT2D eigenvalue weighted by Crippen LogP contribution is 2.17. The standard InChI is InChI=1S/C15H18N2OS/c1-11-5-3-6-13(9-11)17-15(18)10-16-12(2)14-7-4-8-19-14/h3-9,12,16H,10H2,1-2H3,(H,17,18)/t12-/m0/s1. The van der Waals surface area contributed by atoms with Crippen molar-refractivity contribution in [1.29, 1.82) is 0 Å². The molecule has 0 saturated heterocycles. The first-order valence-electron chi connectivity index (χ1n) is 6.28. The number of nitrogens with one attached hydrogen (secondary N) is 2. The molecule has 2 N–H and O–H groups in total. The molecule has 0 spiro atoms. The summed E-state index contributed by atoms with van der Waals surface area (Å²) < 4.78 is 0. The maximum absolute atomic E-state index is 11.8. The third-order valence-corrected chi connectivity index (χ3v) is 3.90. The molecular formula is C15H18N2OS. The van der Waals surface area contributed by atoms with Crippen LogP contribution in [0.2, 0.25) is 0 Å². The fourth-order valence-corrected chi connectivity index (χ4v) is 2.57. The van der Waals surface area contributed by atoms with Crippen LogP contribution in [0.3, 0.4) is 0 Å². The number of rotatable bonds is 5. The summed E-state index contributed by atoms with van der Waals surface area (Å²) in [6.07, 6.45) is 0. The number of carbonyl (C=O) groups excluding carboxylic acids is 1. The monoisotopic (exact) mass is 274 g/mol. The van der Waals surface area contributed by atoms with E-state index < -0.39 is 0 Å². The number of thiophene rings is 1. The molecule has 0 saturated carbocycles. The molecule has 0 fully saturated rings. The minimum Gasteiger partial charge on any atom is -0.325 e. The van der Waals surface area contributed by atoms with E-state index in [4.69, 9.17) is 0 Å².